The molecule has 0 aliphatic rings. The lowest BCUT2D eigenvalue weighted by atomic mass is 9.99. The number of hydrogen-bond acceptors (Lipinski definition) is 5. The van der Waals surface area contributed by atoms with Crippen molar-refractivity contribution in [2.75, 3.05) is 26.6 Å². The lowest BCUT2D eigenvalue weighted by Crippen LogP contribution is -2.20. The highest BCUT2D eigenvalue weighted by Crippen LogP contribution is 2.38. The molecule has 1 N–H and O–H groups in total. The van der Waals surface area contributed by atoms with Gasteiger partial charge < -0.3 is 19.5 Å². The third-order valence-electron chi connectivity index (χ3n) is 4.55. The van der Waals surface area contributed by atoms with E-state index < -0.39 is 11.7 Å². The van der Waals surface area contributed by atoms with Gasteiger partial charge in [-0.2, -0.15) is 0 Å². The van der Waals surface area contributed by atoms with Crippen LogP contribution in [0.2, 0.25) is 0 Å². The maximum absolute atomic E-state index is 13.2. The normalized spacial score (nSPS) is 10.9. The Kier molecular flexibility index (Phi) is 7.06. The van der Waals surface area contributed by atoms with Crippen LogP contribution in [0.4, 0.5) is 5.69 Å². The largest absolute Gasteiger partial charge is 0.493 e. The van der Waals surface area contributed by atoms with Crippen molar-refractivity contribution in [3.05, 3.63) is 89.5 Å². The molecule has 158 valence electrons. The smallest absolute Gasteiger partial charge is 0.259 e. The van der Waals surface area contributed by atoms with E-state index in [0.29, 0.717) is 34.1 Å². The molecule has 6 heteroatoms. The number of benzene rings is 3. The number of ketones is 1. The summed E-state index contributed by atoms with van der Waals surface area (Å²) in [7, 11) is 4.51. The van der Waals surface area contributed by atoms with Gasteiger partial charge in [-0.1, -0.05) is 48.5 Å². The molecule has 0 bridgehead atoms. The van der Waals surface area contributed by atoms with Gasteiger partial charge in [0, 0.05) is 11.3 Å². The fourth-order valence-electron chi connectivity index (χ4n) is 3.05. The minimum Gasteiger partial charge on any atom is -0.493 e. The zero-order valence-electron chi connectivity index (χ0n) is 17.5. The summed E-state index contributed by atoms with van der Waals surface area (Å²) in [5.74, 6) is 0.342. The average molecular weight is 417 g/mol. The summed E-state index contributed by atoms with van der Waals surface area (Å²) in [6.45, 7) is 0. The van der Waals surface area contributed by atoms with Gasteiger partial charge in [0.25, 0.3) is 5.91 Å². The molecule has 0 saturated carbocycles. The van der Waals surface area contributed by atoms with Gasteiger partial charge in [0.1, 0.15) is 0 Å². The summed E-state index contributed by atoms with van der Waals surface area (Å²) in [5, 5.41) is 2.78. The molecule has 6 nitrogen and oxygen atoms in total. The Morgan fingerprint density at radius 2 is 1.32 bits per heavy atom. The number of anilines is 1. The average Bonchev–Trinajstić information content (AvgIpc) is 2.82. The first-order chi connectivity index (χ1) is 15.1. The molecule has 0 aromatic heterocycles. The molecular formula is C25H23NO5. The lowest BCUT2D eigenvalue weighted by Gasteiger charge is -2.14. The number of carbonyl (C=O) groups is 2. The van der Waals surface area contributed by atoms with Crippen LogP contribution in [0.15, 0.2) is 78.4 Å². The maximum atomic E-state index is 13.2. The van der Waals surface area contributed by atoms with Gasteiger partial charge in [0.15, 0.2) is 17.3 Å². The molecule has 0 fully saturated rings. The van der Waals surface area contributed by atoms with E-state index in [0.717, 1.165) is 0 Å². The van der Waals surface area contributed by atoms with E-state index in [1.165, 1.54) is 27.4 Å². The number of rotatable bonds is 8. The SMILES string of the molecule is COc1cc(/C=C(/C(=O)Nc2ccccc2)C(=O)c2ccccc2)cc(OC)c1OC. The monoisotopic (exact) mass is 417 g/mol. The van der Waals surface area contributed by atoms with Crippen molar-refractivity contribution in [1.29, 1.82) is 0 Å². The van der Waals surface area contributed by atoms with E-state index in [4.69, 9.17) is 14.2 Å². The quantitative estimate of drug-likeness (QED) is 0.251. The molecule has 31 heavy (non-hydrogen) atoms. The Morgan fingerprint density at radius 1 is 0.774 bits per heavy atom. The molecule has 1 amide bonds. The third kappa shape index (κ3) is 5.11. The predicted octanol–water partition coefficient (Wildman–Crippen LogP) is 4.62. The summed E-state index contributed by atoms with van der Waals surface area (Å²) in [6.07, 6.45) is 1.51. The number of Topliss-reactive ketones (excluding diaryl/α,β-unsaturated/α-hetero) is 1. The number of para-hydroxylation sites is 1. The van der Waals surface area contributed by atoms with Crippen LogP contribution in [0.5, 0.6) is 17.2 Å². The van der Waals surface area contributed by atoms with Gasteiger partial charge in [0.2, 0.25) is 5.75 Å². The van der Waals surface area contributed by atoms with Crippen LogP contribution in [-0.2, 0) is 4.79 Å². The van der Waals surface area contributed by atoms with Crippen LogP contribution in [-0.4, -0.2) is 33.0 Å². The zero-order valence-corrected chi connectivity index (χ0v) is 17.5. The minimum absolute atomic E-state index is 0.0238. The molecule has 0 atom stereocenters. The molecule has 0 radical (unpaired) electrons. The molecule has 0 saturated heterocycles. The van der Waals surface area contributed by atoms with Gasteiger partial charge in [-0.05, 0) is 35.9 Å². The van der Waals surface area contributed by atoms with Gasteiger partial charge in [-0.3, -0.25) is 9.59 Å². The van der Waals surface area contributed by atoms with E-state index in [1.54, 1.807) is 60.7 Å². The summed E-state index contributed by atoms with van der Waals surface area (Å²) in [5.41, 5.74) is 1.52. The molecule has 0 aliphatic carbocycles. The van der Waals surface area contributed by atoms with Crippen LogP contribution in [0.1, 0.15) is 15.9 Å². The van der Waals surface area contributed by atoms with E-state index in [9.17, 15) is 9.59 Å². The van der Waals surface area contributed by atoms with E-state index >= 15 is 0 Å². The second kappa shape index (κ2) is 10.1. The van der Waals surface area contributed by atoms with Crippen LogP contribution in [0, 0.1) is 0 Å². The first kappa shape index (κ1) is 21.6. The van der Waals surface area contributed by atoms with Crippen LogP contribution in [0.3, 0.4) is 0 Å². The van der Waals surface area contributed by atoms with Crippen molar-refractivity contribution in [2.24, 2.45) is 0 Å². The second-order valence-corrected chi connectivity index (χ2v) is 6.53. The van der Waals surface area contributed by atoms with E-state index in [2.05, 4.69) is 5.32 Å². The topological polar surface area (TPSA) is 73.9 Å². The van der Waals surface area contributed by atoms with Crippen LogP contribution < -0.4 is 19.5 Å². The Morgan fingerprint density at radius 3 is 1.84 bits per heavy atom. The van der Waals surface area contributed by atoms with Crippen molar-refractivity contribution in [1.82, 2.24) is 0 Å². The predicted molar refractivity (Wildman–Crippen MR) is 120 cm³/mol. The fourth-order valence-corrected chi connectivity index (χ4v) is 3.05. The first-order valence-corrected chi connectivity index (χ1v) is 9.55. The summed E-state index contributed by atoms with van der Waals surface area (Å²) in [4.78, 5) is 26.3. The van der Waals surface area contributed by atoms with Crippen molar-refractivity contribution in [3.63, 3.8) is 0 Å². The lowest BCUT2D eigenvalue weighted by molar-refractivity contribution is -0.112. The van der Waals surface area contributed by atoms with Crippen molar-refractivity contribution >= 4 is 23.5 Å². The second-order valence-electron chi connectivity index (χ2n) is 6.53. The third-order valence-corrected chi connectivity index (χ3v) is 4.55. The standard InChI is InChI=1S/C25H23NO5/c1-29-21-15-17(16-22(30-2)24(21)31-3)14-20(23(27)18-10-6-4-7-11-18)25(28)26-19-12-8-5-9-13-19/h4-16H,1-3H3,(H,26,28)/b20-14+. The molecule has 3 aromatic carbocycles. The van der Waals surface area contributed by atoms with Gasteiger partial charge in [0.05, 0.1) is 26.9 Å². The van der Waals surface area contributed by atoms with E-state index in [1.807, 2.05) is 12.1 Å². The summed E-state index contributed by atoms with van der Waals surface area (Å²) < 4.78 is 16.1. The maximum Gasteiger partial charge on any atom is 0.259 e. The molecule has 0 spiro atoms. The molecule has 0 heterocycles. The molecular weight excluding hydrogens is 394 g/mol. The number of carbonyl (C=O) groups excluding carboxylic acids is 2. The molecule has 0 aliphatic heterocycles. The number of nitrogens with one attached hydrogen (secondary N) is 1. The van der Waals surface area contributed by atoms with Crippen LogP contribution >= 0.6 is 0 Å². The Bertz CT molecular complexity index is 1070. The zero-order chi connectivity index (χ0) is 22.2. The first-order valence-electron chi connectivity index (χ1n) is 9.55. The highest BCUT2D eigenvalue weighted by atomic mass is 16.5. The minimum atomic E-state index is -0.520. The van der Waals surface area contributed by atoms with Gasteiger partial charge >= 0.3 is 0 Å². The highest BCUT2D eigenvalue weighted by Gasteiger charge is 2.21. The molecule has 3 aromatic rings. The van der Waals surface area contributed by atoms with Crippen LogP contribution in [0.25, 0.3) is 6.08 Å². The Balaban J connectivity index is 2.08. The number of methoxy groups -OCH3 is 3. The summed E-state index contributed by atoms with van der Waals surface area (Å²) in [6, 6.07) is 20.9. The number of amides is 1. The number of ether oxygens (including phenoxy) is 3. The summed E-state index contributed by atoms with van der Waals surface area (Å²) >= 11 is 0. The fraction of sp³-hybridized carbons (Fsp3) is 0.120. The van der Waals surface area contributed by atoms with Gasteiger partial charge in [-0.25, -0.2) is 0 Å². The van der Waals surface area contributed by atoms with E-state index in [-0.39, 0.29) is 5.57 Å². The number of hydrogen-bond donors (Lipinski definition) is 1. The van der Waals surface area contributed by atoms with Crippen molar-refractivity contribution < 1.29 is 23.8 Å². The molecule has 3 rings (SSSR count). The Labute approximate surface area is 181 Å². The highest BCUT2D eigenvalue weighted by molar-refractivity contribution is 6.31. The molecule has 0 unspecified atom stereocenters. The van der Waals surface area contributed by atoms with Gasteiger partial charge in [-0.15, -0.1) is 0 Å². The Hall–Kier alpha value is -4.06. The van der Waals surface area contributed by atoms with Crippen molar-refractivity contribution in [2.45, 2.75) is 0 Å². The van der Waals surface area contributed by atoms with Crippen molar-refractivity contribution in [3.8, 4) is 17.2 Å².